The van der Waals surface area contributed by atoms with Gasteiger partial charge in [-0.05, 0) is 103 Å². The highest BCUT2D eigenvalue weighted by atomic mass is 15.1. The third kappa shape index (κ3) is 5.31. The molecule has 11 rings (SSSR count). The average molecular weight is 754 g/mol. The lowest BCUT2D eigenvalue weighted by molar-refractivity contribution is 0.660. The third-order valence-electron chi connectivity index (χ3n) is 13.0. The van der Waals surface area contributed by atoms with Gasteiger partial charge >= 0.3 is 0 Å². The lowest BCUT2D eigenvalue weighted by Gasteiger charge is -2.34. The molecule has 0 aromatic heterocycles. The van der Waals surface area contributed by atoms with Crippen LogP contribution in [0.25, 0.3) is 44.5 Å². The number of rotatable bonds is 7. The molecule has 9 aromatic rings. The van der Waals surface area contributed by atoms with Crippen LogP contribution >= 0.6 is 0 Å². The summed E-state index contributed by atoms with van der Waals surface area (Å²) in [5.41, 5.74) is 20.5. The Bertz CT molecular complexity index is 2960. The maximum absolute atomic E-state index is 2.53. The Hall–Kier alpha value is -7.22. The van der Waals surface area contributed by atoms with E-state index in [0.29, 0.717) is 0 Å². The van der Waals surface area contributed by atoms with E-state index in [1.54, 1.807) is 0 Å². The second-order valence-electron chi connectivity index (χ2n) is 16.4. The van der Waals surface area contributed by atoms with Crippen molar-refractivity contribution in [1.82, 2.24) is 0 Å². The van der Waals surface area contributed by atoms with Crippen LogP contribution in [0.2, 0.25) is 0 Å². The number of anilines is 3. The summed E-state index contributed by atoms with van der Waals surface area (Å²) in [7, 11) is 0. The van der Waals surface area contributed by atoms with Gasteiger partial charge in [-0.1, -0.05) is 208 Å². The molecule has 0 spiro atoms. The van der Waals surface area contributed by atoms with E-state index in [1.807, 2.05) is 0 Å². The molecule has 9 aromatic carbocycles. The third-order valence-corrected chi connectivity index (χ3v) is 13.0. The highest BCUT2D eigenvalue weighted by Gasteiger charge is 2.47. The van der Waals surface area contributed by atoms with Crippen molar-refractivity contribution in [3.63, 3.8) is 0 Å². The van der Waals surface area contributed by atoms with Gasteiger partial charge in [-0.25, -0.2) is 0 Å². The molecule has 1 nitrogen and oxygen atoms in total. The normalized spacial score (nSPS) is 13.9. The number of nitrogens with zero attached hydrogens (tertiary/aromatic N) is 1. The van der Waals surface area contributed by atoms with Crippen LogP contribution in [0.4, 0.5) is 17.1 Å². The van der Waals surface area contributed by atoms with Crippen molar-refractivity contribution in [3.8, 4) is 44.5 Å². The first-order valence-electron chi connectivity index (χ1n) is 20.7. The second-order valence-corrected chi connectivity index (χ2v) is 16.4. The topological polar surface area (TPSA) is 3.24 Å². The zero-order valence-corrected chi connectivity index (χ0v) is 33.3. The zero-order valence-electron chi connectivity index (χ0n) is 33.3. The Morgan fingerprint density at radius 3 is 1.44 bits per heavy atom. The summed E-state index contributed by atoms with van der Waals surface area (Å²) in [6.07, 6.45) is 0. The monoisotopic (exact) mass is 753 g/mol. The van der Waals surface area contributed by atoms with Crippen LogP contribution in [0.1, 0.15) is 47.2 Å². The number of benzene rings is 9. The highest BCUT2D eigenvalue weighted by Crippen LogP contribution is 2.60. The molecule has 0 amide bonds. The Balaban J connectivity index is 1.22. The first-order valence-corrected chi connectivity index (χ1v) is 20.7. The maximum atomic E-state index is 2.53. The average Bonchev–Trinajstić information content (AvgIpc) is 3.74. The smallest absolute Gasteiger partial charge is 0.0714 e. The van der Waals surface area contributed by atoms with Crippen molar-refractivity contribution in [2.75, 3.05) is 4.90 Å². The van der Waals surface area contributed by atoms with E-state index < -0.39 is 5.41 Å². The van der Waals surface area contributed by atoms with Gasteiger partial charge in [0.15, 0.2) is 0 Å². The molecule has 59 heavy (non-hydrogen) atoms. The fourth-order valence-electron chi connectivity index (χ4n) is 10.3. The van der Waals surface area contributed by atoms with E-state index in [9.17, 15) is 0 Å². The van der Waals surface area contributed by atoms with Crippen LogP contribution < -0.4 is 4.90 Å². The first kappa shape index (κ1) is 35.0. The second kappa shape index (κ2) is 13.7. The molecule has 1 heteroatoms. The maximum Gasteiger partial charge on any atom is 0.0714 e. The molecule has 0 heterocycles. The van der Waals surface area contributed by atoms with Gasteiger partial charge in [0, 0.05) is 22.4 Å². The molecule has 0 N–H and O–H groups in total. The predicted molar refractivity (Wildman–Crippen MR) is 247 cm³/mol. The van der Waals surface area contributed by atoms with E-state index in [1.165, 1.54) is 77.9 Å². The van der Waals surface area contributed by atoms with Gasteiger partial charge in [0.25, 0.3) is 0 Å². The van der Waals surface area contributed by atoms with E-state index in [4.69, 9.17) is 0 Å². The van der Waals surface area contributed by atoms with Crippen LogP contribution in [0.15, 0.2) is 224 Å². The number of hydrogen-bond acceptors (Lipinski definition) is 1. The molecule has 0 aliphatic heterocycles. The van der Waals surface area contributed by atoms with Crippen molar-refractivity contribution >= 4 is 17.1 Å². The van der Waals surface area contributed by atoms with Gasteiger partial charge < -0.3 is 4.90 Å². The summed E-state index contributed by atoms with van der Waals surface area (Å²) >= 11 is 0. The highest BCUT2D eigenvalue weighted by molar-refractivity contribution is 5.99. The molecule has 0 radical (unpaired) electrons. The van der Waals surface area contributed by atoms with Crippen LogP contribution in [0.3, 0.4) is 0 Å². The molecule has 280 valence electrons. The fourth-order valence-corrected chi connectivity index (χ4v) is 10.3. The molecule has 0 atom stereocenters. The van der Waals surface area contributed by atoms with Crippen molar-refractivity contribution in [2.45, 2.75) is 24.7 Å². The molecule has 0 saturated heterocycles. The van der Waals surface area contributed by atoms with Gasteiger partial charge in [0.05, 0.1) is 11.1 Å². The lowest BCUT2D eigenvalue weighted by Crippen LogP contribution is -2.28. The fraction of sp³-hybridized carbons (Fsp3) is 0.0690. The predicted octanol–water partition coefficient (Wildman–Crippen LogP) is 15.2. The minimum absolute atomic E-state index is 0.152. The summed E-state index contributed by atoms with van der Waals surface area (Å²) in [6, 6.07) is 83.0. The number of fused-ring (bicyclic) bond motifs is 6. The summed E-state index contributed by atoms with van der Waals surface area (Å²) < 4.78 is 0. The quantitative estimate of drug-likeness (QED) is 0.157. The minimum Gasteiger partial charge on any atom is -0.310 e. The lowest BCUT2D eigenvalue weighted by atomic mass is 9.68. The summed E-state index contributed by atoms with van der Waals surface area (Å²) in [5.74, 6) is 0. The summed E-state index contributed by atoms with van der Waals surface area (Å²) in [6.45, 7) is 4.75. The van der Waals surface area contributed by atoms with Crippen molar-refractivity contribution in [3.05, 3.63) is 258 Å². The van der Waals surface area contributed by atoms with Crippen molar-refractivity contribution in [2.24, 2.45) is 0 Å². The van der Waals surface area contributed by atoms with Crippen LogP contribution in [0.5, 0.6) is 0 Å². The Labute approximate surface area is 347 Å². The Morgan fingerprint density at radius 2 is 0.797 bits per heavy atom. The van der Waals surface area contributed by atoms with Crippen molar-refractivity contribution < 1.29 is 0 Å². The minimum atomic E-state index is -0.510. The summed E-state index contributed by atoms with van der Waals surface area (Å²) in [5, 5.41) is 0. The first-order chi connectivity index (χ1) is 29.0. The van der Waals surface area contributed by atoms with Gasteiger partial charge in [0.2, 0.25) is 0 Å². The van der Waals surface area contributed by atoms with Crippen LogP contribution in [-0.4, -0.2) is 0 Å². The number of hydrogen-bond donors (Lipinski definition) is 0. The SMILES string of the molecule is CC1(C)c2ccccc2-c2ccc(N(c3ccc(-c4ccccc4)c(-c4ccccc4)c3)c3cccc4c3-c3ccccc3C4(c3ccccc3)c3ccccc3)cc21. The van der Waals surface area contributed by atoms with Gasteiger partial charge in [-0.15, -0.1) is 0 Å². The van der Waals surface area contributed by atoms with Gasteiger partial charge in [0.1, 0.15) is 0 Å². The molecule has 0 bridgehead atoms. The van der Waals surface area contributed by atoms with Crippen molar-refractivity contribution in [1.29, 1.82) is 0 Å². The van der Waals surface area contributed by atoms with E-state index >= 15 is 0 Å². The van der Waals surface area contributed by atoms with Gasteiger partial charge in [-0.2, -0.15) is 0 Å². The molecule has 0 unspecified atom stereocenters. The van der Waals surface area contributed by atoms with E-state index in [-0.39, 0.29) is 5.41 Å². The largest absolute Gasteiger partial charge is 0.310 e. The Kier molecular flexibility index (Phi) is 8.13. The van der Waals surface area contributed by atoms with Crippen LogP contribution in [0, 0.1) is 0 Å². The molecule has 2 aliphatic rings. The molecule has 0 saturated carbocycles. The van der Waals surface area contributed by atoms with E-state index in [2.05, 4.69) is 243 Å². The molecule has 0 fully saturated rings. The summed E-state index contributed by atoms with van der Waals surface area (Å²) in [4.78, 5) is 2.53. The molecule has 2 aliphatic carbocycles. The molecular formula is C58H43N. The zero-order chi connectivity index (χ0) is 39.6. The van der Waals surface area contributed by atoms with Crippen LogP contribution in [-0.2, 0) is 10.8 Å². The standard InChI is InChI=1S/C58H43N/c1-57(2)51-30-17-15-28-47(51)48-37-35-45(39-54(48)57)59(44-34-36-46(40-20-7-3-8-21-40)50(38-44)41-22-9-4-10-23-41)55-33-19-32-53-56(55)49-29-16-18-31-52(49)58(53,42-24-11-5-12-25-42)43-26-13-6-14-27-43/h3-39H,1-2H3. The van der Waals surface area contributed by atoms with Gasteiger partial charge in [-0.3, -0.25) is 0 Å². The Morgan fingerprint density at radius 1 is 0.322 bits per heavy atom. The molecular weight excluding hydrogens is 711 g/mol. The van der Waals surface area contributed by atoms with E-state index in [0.717, 1.165) is 17.1 Å².